The van der Waals surface area contributed by atoms with Crippen LogP contribution in [-0.2, 0) is 4.79 Å². The second-order valence-corrected chi connectivity index (χ2v) is 5.41. The molecule has 0 aliphatic heterocycles. The van der Waals surface area contributed by atoms with Crippen LogP contribution in [0.15, 0.2) is 5.51 Å². The molecule has 0 spiro atoms. The molecule has 20 heavy (non-hydrogen) atoms. The summed E-state index contributed by atoms with van der Waals surface area (Å²) in [6.45, 7) is 3.24. The summed E-state index contributed by atoms with van der Waals surface area (Å²) in [4.78, 5) is 15.8. The van der Waals surface area contributed by atoms with Crippen molar-refractivity contribution in [1.82, 2.24) is 15.2 Å². The average Bonchev–Trinajstić information content (AvgIpc) is 2.89. The summed E-state index contributed by atoms with van der Waals surface area (Å²) in [6, 6.07) is 0. The molecule has 0 aliphatic carbocycles. The molecule has 2 rings (SSSR count). The highest BCUT2D eigenvalue weighted by Crippen LogP contribution is 2.36. The van der Waals surface area contributed by atoms with Gasteiger partial charge in [-0.2, -0.15) is 0 Å². The molecule has 0 aliphatic rings. The van der Waals surface area contributed by atoms with Crippen LogP contribution < -0.4 is 10.1 Å². The Morgan fingerprint density at radius 1 is 1.35 bits per heavy atom. The fourth-order valence-electron chi connectivity index (χ4n) is 1.42. The number of ether oxygens (including phenoxy) is 1. The van der Waals surface area contributed by atoms with Crippen molar-refractivity contribution in [3.05, 3.63) is 26.9 Å². The Morgan fingerprint density at radius 3 is 2.55 bits per heavy atom. The van der Waals surface area contributed by atoms with Gasteiger partial charge in [-0.1, -0.05) is 34.5 Å². The quantitative estimate of drug-likeness (QED) is 0.931. The number of aryl methyl sites for hydroxylation is 2. The fraction of sp³-hybridized carbons (Fsp3) is 0.273. The van der Waals surface area contributed by atoms with E-state index in [9.17, 15) is 4.79 Å². The molecule has 0 radical (unpaired) electrons. The van der Waals surface area contributed by atoms with Gasteiger partial charge in [-0.15, -0.1) is 10.2 Å². The van der Waals surface area contributed by atoms with Gasteiger partial charge in [0.1, 0.15) is 15.6 Å². The predicted molar refractivity (Wildman–Crippen MR) is 77.8 cm³/mol. The molecule has 0 atom stereocenters. The van der Waals surface area contributed by atoms with E-state index in [0.29, 0.717) is 26.6 Å². The van der Waals surface area contributed by atoms with Crippen molar-refractivity contribution in [2.24, 2.45) is 0 Å². The normalized spacial score (nSPS) is 10.4. The molecule has 0 bridgehead atoms. The van der Waals surface area contributed by atoms with E-state index >= 15 is 0 Å². The Morgan fingerprint density at radius 2 is 2.00 bits per heavy atom. The minimum Gasteiger partial charge on any atom is -0.480 e. The first-order chi connectivity index (χ1) is 9.49. The molecule has 106 valence electrons. The lowest BCUT2D eigenvalue weighted by molar-refractivity contribution is -0.118. The summed E-state index contributed by atoms with van der Waals surface area (Å²) < 4.78 is 5.38. The zero-order valence-corrected chi connectivity index (χ0v) is 12.9. The van der Waals surface area contributed by atoms with Gasteiger partial charge in [0.15, 0.2) is 12.4 Å². The summed E-state index contributed by atoms with van der Waals surface area (Å²) in [5, 5.41) is 10.8. The first-order valence-corrected chi connectivity index (χ1v) is 7.13. The Bertz CT molecular complexity index is 608. The molecular formula is C11H10Cl2N4O2S. The second kappa shape index (κ2) is 6.34. The summed E-state index contributed by atoms with van der Waals surface area (Å²) in [7, 11) is 0. The van der Waals surface area contributed by atoms with E-state index in [-0.39, 0.29) is 18.3 Å². The molecule has 0 saturated heterocycles. The zero-order valence-electron chi connectivity index (χ0n) is 10.6. The molecule has 2 heterocycles. The third kappa shape index (κ3) is 3.36. The number of aromatic nitrogens is 3. The first-order valence-electron chi connectivity index (χ1n) is 5.50. The van der Waals surface area contributed by atoms with Gasteiger partial charge in [-0.25, -0.2) is 0 Å². The van der Waals surface area contributed by atoms with Gasteiger partial charge in [-0.05, 0) is 13.8 Å². The lowest BCUT2D eigenvalue weighted by Crippen LogP contribution is -2.20. The second-order valence-electron chi connectivity index (χ2n) is 3.82. The lowest BCUT2D eigenvalue weighted by Gasteiger charge is -2.12. The Kier molecular flexibility index (Phi) is 4.74. The SMILES string of the molecule is Cc1nc(C)c(Cl)c(OCC(=O)Nc2nncs2)c1Cl. The molecule has 9 heteroatoms. The molecule has 2 aromatic heterocycles. The smallest absolute Gasteiger partial charge is 0.264 e. The third-order valence-electron chi connectivity index (χ3n) is 2.32. The molecular weight excluding hydrogens is 323 g/mol. The number of carbonyl (C=O) groups excluding carboxylic acids is 1. The van der Waals surface area contributed by atoms with Crippen LogP contribution in [0.25, 0.3) is 0 Å². The van der Waals surface area contributed by atoms with Crippen molar-refractivity contribution >= 4 is 45.6 Å². The molecule has 0 aromatic carbocycles. The average molecular weight is 333 g/mol. The van der Waals surface area contributed by atoms with E-state index in [4.69, 9.17) is 27.9 Å². The Labute approximate surface area is 129 Å². The minimum absolute atomic E-state index is 0.234. The van der Waals surface area contributed by atoms with Gasteiger partial charge < -0.3 is 4.74 Å². The van der Waals surface area contributed by atoms with Crippen LogP contribution in [0.4, 0.5) is 5.13 Å². The summed E-state index contributed by atoms with van der Waals surface area (Å²) in [6.07, 6.45) is 0. The van der Waals surface area contributed by atoms with Gasteiger partial charge in [0.25, 0.3) is 5.91 Å². The maximum absolute atomic E-state index is 11.7. The summed E-state index contributed by atoms with van der Waals surface area (Å²) >= 11 is 13.4. The highest BCUT2D eigenvalue weighted by molar-refractivity contribution is 7.13. The third-order valence-corrected chi connectivity index (χ3v) is 3.82. The fourth-order valence-corrected chi connectivity index (χ4v) is 2.31. The highest BCUT2D eigenvalue weighted by Gasteiger charge is 2.16. The molecule has 0 saturated carbocycles. The van der Waals surface area contributed by atoms with Gasteiger partial charge in [0.05, 0.1) is 11.4 Å². The van der Waals surface area contributed by atoms with Crippen molar-refractivity contribution in [3.8, 4) is 5.75 Å². The van der Waals surface area contributed by atoms with Crippen molar-refractivity contribution in [1.29, 1.82) is 0 Å². The van der Waals surface area contributed by atoms with E-state index in [1.807, 2.05) is 0 Å². The van der Waals surface area contributed by atoms with Gasteiger partial charge in [0.2, 0.25) is 5.13 Å². The van der Waals surface area contributed by atoms with E-state index in [1.165, 1.54) is 16.8 Å². The van der Waals surface area contributed by atoms with Gasteiger partial charge >= 0.3 is 0 Å². The number of halogens is 2. The number of hydrogen-bond acceptors (Lipinski definition) is 6. The number of carbonyl (C=O) groups is 1. The van der Waals surface area contributed by atoms with Crippen molar-refractivity contribution in [2.45, 2.75) is 13.8 Å². The number of nitrogens with one attached hydrogen (secondary N) is 1. The maximum atomic E-state index is 11.7. The molecule has 1 amide bonds. The van der Waals surface area contributed by atoms with Crippen LogP contribution in [-0.4, -0.2) is 27.7 Å². The lowest BCUT2D eigenvalue weighted by atomic mass is 10.3. The van der Waals surface area contributed by atoms with Crippen LogP contribution in [0.3, 0.4) is 0 Å². The predicted octanol–water partition coefficient (Wildman–Crippen LogP) is 2.87. The van der Waals surface area contributed by atoms with E-state index in [0.717, 1.165) is 0 Å². The van der Waals surface area contributed by atoms with Crippen molar-refractivity contribution in [2.75, 3.05) is 11.9 Å². The summed E-state index contributed by atoms with van der Waals surface area (Å²) in [5.74, 6) is -0.119. The Hall–Kier alpha value is -1.44. The maximum Gasteiger partial charge on any atom is 0.264 e. The van der Waals surface area contributed by atoms with Crippen LogP contribution in [0.5, 0.6) is 5.75 Å². The molecule has 2 aromatic rings. The summed E-state index contributed by atoms with van der Waals surface area (Å²) in [5.41, 5.74) is 2.70. The van der Waals surface area contributed by atoms with Crippen LogP contribution in [0.1, 0.15) is 11.4 Å². The standard InChI is InChI=1S/C11H10Cl2N4O2S/c1-5-8(12)10(9(13)6(2)15-5)19-3-7(18)16-11-17-14-4-20-11/h4H,3H2,1-2H3,(H,16,17,18). The number of nitrogens with zero attached hydrogens (tertiary/aromatic N) is 3. The number of amides is 1. The van der Waals surface area contributed by atoms with Crippen LogP contribution in [0, 0.1) is 13.8 Å². The van der Waals surface area contributed by atoms with Crippen LogP contribution >= 0.6 is 34.5 Å². The zero-order chi connectivity index (χ0) is 14.7. The van der Waals surface area contributed by atoms with Crippen molar-refractivity contribution < 1.29 is 9.53 Å². The number of anilines is 1. The monoisotopic (exact) mass is 332 g/mol. The number of rotatable bonds is 4. The van der Waals surface area contributed by atoms with Gasteiger partial charge in [-0.3, -0.25) is 15.1 Å². The highest BCUT2D eigenvalue weighted by atomic mass is 35.5. The van der Waals surface area contributed by atoms with E-state index < -0.39 is 0 Å². The molecule has 1 N–H and O–H groups in total. The number of hydrogen-bond donors (Lipinski definition) is 1. The van der Waals surface area contributed by atoms with Crippen LogP contribution in [0.2, 0.25) is 10.0 Å². The topological polar surface area (TPSA) is 77.0 Å². The van der Waals surface area contributed by atoms with E-state index in [2.05, 4.69) is 20.5 Å². The van der Waals surface area contributed by atoms with Gasteiger partial charge in [0, 0.05) is 0 Å². The Balaban J connectivity index is 2.06. The number of pyridine rings is 1. The largest absolute Gasteiger partial charge is 0.480 e. The van der Waals surface area contributed by atoms with E-state index in [1.54, 1.807) is 13.8 Å². The molecule has 6 nitrogen and oxygen atoms in total. The molecule has 0 unspecified atom stereocenters. The first kappa shape index (κ1) is 15.0. The minimum atomic E-state index is -0.374. The molecule has 0 fully saturated rings. The van der Waals surface area contributed by atoms with Crippen molar-refractivity contribution in [3.63, 3.8) is 0 Å².